The van der Waals surface area contributed by atoms with E-state index in [1.54, 1.807) is 11.0 Å². The number of aliphatic hydroxyl groups is 1. The molecule has 1 fully saturated rings. The van der Waals surface area contributed by atoms with E-state index in [0.717, 1.165) is 4.90 Å². The van der Waals surface area contributed by atoms with Crippen molar-refractivity contribution in [3.8, 4) is 0 Å². The van der Waals surface area contributed by atoms with Crippen molar-refractivity contribution in [2.75, 3.05) is 32.8 Å². The molecule has 1 aliphatic heterocycles. The van der Waals surface area contributed by atoms with E-state index in [2.05, 4.69) is 6.58 Å². The molecule has 0 aromatic carbocycles. The van der Waals surface area contributed by atoms with Crippen molar-refractivity contribution < 1.29 is 23.1 Å². The number of carbonyl (C=O) groups is 1. The molecule has 18 heavy (non-hydrogen) atoms. The second kappa shape index (κ2) is 6.19. The standard InChI is InChI=1S/C11H17F3N2O2/c1-2-4-15(6-7-17)9-3-5-16(10(9)18)8-11(12,13)14/h2,9,17H,1,3-8H2. The fourth-order valence-electron chi connectivity index (χ4n) is 2.10. The lowest BCUT2D eigenvalue weighted by Gasteiger charge is -2.26. The second-order valence-corrected chi connectivity index (χ2v) is 4.19. The molecule has 0 aliphatic carbocycles. The van der Waals surface area contributed by atoms with Gasteiger partial charge in [-0.1, -0.05) is 6.08 Å². The molecule has 1 amide bonds. The van der Waals surface area contributed by atoms with E-state index in [0.29, 0.717) is 13.0 Å². The van der Waals surface area contributed by atoms with Gasteiger partial charge in [-0.25, -0.2) is 0 Å². The summed E-state index contributed by atoms with van der Waals surface area (Å²) in [6, 6.07) is -0.586. The van der Waals surface area contributed by atoms with Crippen molar-refractivity contribution in [1.82, 2.24) is 9.80 Å². The Hall–Kier alpha value is -1.08. The molecule has 0 aromatic heterocycles. The van der Waals surface area contributed by atoms with Crippen molar-refractivity contribution >= 4 is 5.91 Å². The molecule has 0 bridgehead atoms. The van der Waals surface area contributed by atoms with Crippen LogP contribution in [0.1, 0.15) is 6.42 Å². The van der Waals surface area contributed by atoms with Gasteiger partial charge >= 0.3 is 6.18 Å². The van der Waals surface area contributed by atoms with Crippen LogP contribution in [-0.2, 0) is 4.79 Å². The number of halogens is 3. The Labute approximate surface area is 104 Å². The number of hydrogen-bond acceptors (Lipinski definition) is 3. The number of rotatable bonds is 6. The van der Waals surface area contributed by atoms with Crippen molar-refractivity contribution in [2.24, 2.45) is 0 Å². The predicted octanol–water partition coefficient (Wildman–Crippen LogP) is 0.630. The maximum absolute atomic E-state index is 12.2. The molecule has 1 atom stereocenters. The van der Waals surface area contributed by atoms with Crippen molar-refractivity contribution in [1.29, 1.82) is 0 Å². The van der Waals surface area contributed by atoms with Crippen LogP contribution in [0.4, 0.5) is 13.2 Å². The van der Waals surface area contributed by atoms with Crippen LogP contribution in [0.15, 0.2) is 12.7 Å². The number of nitrogens with zero attached hydrogens (tertiary/aromatic N) is 2. The lowest BCUT2D eigenvalue weighted by atomic mass is 10.2. The van der Waals surface area contributed by atoms with Crippen LogP contribution >= 0.6 is 0 Å². The van der Waals surface area contributed by atoms with Gasteiger partial charge in [0.15, 0.2) is 0 Å². The molecule has 4 nitrogen and oxygen atoms in total. The third-order valence-electron chi connectivity index (χ3n) is 2.83. The molecule has 0 saturated carbocycles. The van der Waals surface area contributed by atoms with Gasteiger partial charge in [-0.3, -0.25) is 9.69 Å². The first-order chi connectivity index (χ1) is 8.39. The zero-order valence-electron chi connectivity index (χ0n) is 9.99. The highest BCUT2D eigenvalue weighted by Gasteiger charge is 2.40. The lowest BCUT2D eigenvalue weighted by Crippen LogP contribution is -2.45. The first-order valence-electron chi connectivity index (χ1n) is 5.70. The van der Waals surface area contributed by atoms with Crippen LogP contribution in [0.2, 0.25) is 0 Å². The molecular weight excluding hydrogens is 249 g/mol. The highest BCUT2D eigenvalue weighted by molar-refractivity contribution is 5.84. The van der Waals surface area contributed by atoms with E-state index in [4.69, 9.17) is 5.11 Å². The van der Waals surface area contributed by atoms with Gasteiger partial charge in [0, 0.05) is 19.6 Å². The van der Waals surface area contributed by atoms with Crippen LogP contribution in [-0.4, -0.2) is 65.8 Å². The number of amides is 1. The SMILES string of the molecule is C=CCN(CCO)C1CCN(CC(F)(F)F)C1=O. The molecule has 0 spiro atoms. The molecule has 1 heterocycles. The first kappa shape index (κ1) is 15.0. The van der Waals surface area contributed by atoms with Gasteiger partial charge in [-0.2, -0.15) is 13.2 Å². The lowest BCUT2D eigenvalue weighted by molar-refractivity contribution is -0.159. The third kappa shape index (κ3) is 3.99. The fourth-order valence-corrected chi connectivity index (χ4v) is 2.10. The molecule has 1 unspecified atom stereocenters. The van der Waals surface area contributed by atoms with Gasteiger partial charge in [-0.15, -0.1) is 6.58 Å². The quantitative estimate of drug-likeness (QED) is 0.717. The number of hydrogen-bond donors (Lipinski definition) is 1. The van der Waals surface area contributed by atoms with Crippen molar-refractivity contribution in [3.05, 3.63) is 12.7 Å². The van der Waals surface area contributed by atoms with Gasteiger partial charge in [0.2, 0.25) is 5.91 Å². The molecule has 0 radical (unpaired) electrons. The van der Waals surface area contributed by atoms with Crippen LogP contribution in [0.5, 0.6) is 0 Å². The Morgan fingerprint density at radius 2 is 2.22 bits per heavy atom. The van der Waals surface area contributed by atoms with Gasteiger partial charge < -0.3 is 10.0 Å². The Balaban J connectivity index is 2.64. The Morgan fingerprint density at radius 1 is 1.56 bits per heavy atom. The highest BCUT2D eigenvalue weighted by atomic mass is 19.4. The van der Waals surface area contributed by atoms with E-state index in [1.807, 2.05) is 0 Å². The molecule has 1 rings (SSSR count). The number of likely N-dealkylation sites (tertiary alicyclic amines) is 1. The minimum atomic E-state index is -4.37. The summed E-state index contributed by atoms with van der Waals surface area (Å²) in [6.45, 7) is 2.91. The number of alkyl halides is 3. The van der Waals surface area contributed by atoms with Gasteiger partial charge in [0.25, 0.3) is 0 Å². The number of carbonyl (C=O) groups excluding carboxylic acids is 1. The summed E-state index contributed by atoms with van der Waals surface area (Å²) < 4.78 is 36.7. The minimum Gasteiger partial charge on any atom is -0.395 e. The highest BCUT2D eigenvalue weighted by Crippen LogP contribution is 2.23. The van der Waals surface area contributed by atoms with Gasteiger partial charge in [-0.05, 0) is 6.42 Å². The van der Waals surface area contributed by atoms with E-state index in [-0.39, 0.29) is 19.7 Å². The summed E-state index contributed by atoms with van der Waals surface area (Å²) in [5.74, 6) is -0.525. The van der Waals surface area contributed by atoms with Crippen molar-refractivity contribution in [3.63, 3.8) is 0 Å². The van der Waals surface area contributed by atoms with Gasteiger partial charge in [0.05, 0.1) is 12.6 Å². The summed E-state index contributed by atoms with van der Waals surface area (Å²) in [4.78, 5) is 14.3. The monoisotopic (exact) mass is 266 g/mol. The number of aliphatic hydroxyl groups excluding tert-OH is 1. The summed E-state index contributed by atoms with van der Waals surface area (Å²) in [5.41, 5.74) is 0. The largest absolute Gasteiger partial charge is 0.406 e. The smallest absolute Gasteiger partial charge is 0.395 e. The molecule has 1 aliphatic rings. The zero-order valence-corrected chi connectivity index (χ0v) is 9.99. The summed E-state index contributed by atoms with van der Waals surface area (Å²) in [5, 5.41) is 8.88. The molecular formula is C11H17F3N2O2. The van der Waals surface area contributed by atoms with E-state index >= 15 is 0 Å². The first-order valence-corrected chi connectivity index (χ1v) is 5.70. The Bertz CT molecular complexity index is 307. The normalized spacial score (nSPS) is 20.8. The van der Waals surface area contributed by atoms with Crippen molar-refractivity contribution in [2.45, 2.75) is 18.6 Å². The fraction of sp³-hybridized carbons (Fsp3) is 0.727. The van der Waals surface area contributed by atoms with E-state index < -0.39 is 24.7 Å². The predicted molar refractivity (Wildman–Crippen MR) is 59.9 cm³/mol. The zero-order chi connectivity index (χ0) is 13.8. The van der Waals surface area contributed by atoms with Crippen LogP contribution in [0.3, 0.4) is 0 Å². The Kier molecular flexibility index (Phi) is 5.15. The maximum atomic E-state index is 12.2. The van der Waals surface area contributed by atoms with Crippen LogP contribution in [0, 0.1) is 0 Å². The topological polar surface area (TPSA) is 43.8 Å². The molecule has 0 aromatic rings. The summed E-state index contributed by atoms with van der Waals surface area (Å²) >= 11 is 0. The Morgan fingerprint density at radius 3 is 2.72 bits per heavy atom. The minimum absolute atomic E-state index is 0.0993. The third-order valence-corrected chi connectivity index (χ3v) is 2.83. The molecule has 7 heteroatoms. The maximum Gasteiger partial charge on any atom is 0.406 e. The molecule has 1 saturated heterocycles. The summed E-state index contributed by atoms with van der Waals surface area (Å²) in [6.07, 6.45) is -2.46. The average Bonchev–Trinajstić information content (AvgIpc) is 2.58. The van der Waals surface area contributed by atoms with E-state index in [9.17, 15) is 18.0 Å². The summed E-state index contributed by atoms with van der Waals surface area (Å²) in [7, 11) is 0. The second-order valence-electron chi connectivity index (χ2n) is 4.19. The average molecular weight is 266 g/mol. The van der Waals surface area contributed by atoms with Crippen LogP contribution < -0.4 is 0 Å². The van der Waals surface area contributed by atoms with E-state index in [1.165, 1.54) is 0 Å². The van der Waals surface area contributed by atoms with Gasteiger partial charge in [0.1, 0.15) is 6.54 Å². The van der Waals surface area contributed by atoms with Crippen LogP contribution in [0.25, 0.3) is 0 Å². The molecule has 104 valence electrons. The molecule has 1 N–H and O–H groups in total.